The molecule has 0 saturated heterocycles. The molecule has 0 fully saturated rings. The Morgan fingerprint density at radius 2 is 2.18 bits per heavy atom. The van der Waals surface area contributed by atoms with Crippen LogP contribution in [-0.2, 0) is 6.54 Å². The van der Waals surface area contributed by atoms with Gasteiger partial charge in [0.15, 0.2) is 0 Å². The molecule has 0 aliphatic heterocycles. The van der Waals surface area contributed by atoms with E-state index in [1.807, 2.05) is 6.92 Å². The van der Waals surface area contributed by atoms with Crippen molar-refractivity contribution in [2.45, 2.75) is 27.3 Å². The lowest BCUT2D eigenvalue weighted by molar-refractivity contribution is 0.0906. The normalized spacial score (nSPS) is 10.8. The van der Waals surface area contributed by atoms with Crippen molar-refractivity contribution in [2.75, 3.05) is 0 Å². The van der Waals surface area contributed by atoms with Gasteiger partial charge in [-0.1, -0.05) is 0 Å². The van der Waals surface area contributed by atoms with E-state index in [1.165, 1.54) is 10.9 Å². The molecule has 90 valence electrons. The van der Waals surface area contributed by atoms with E-state index in [2.05, 4.69) is 10.1 Å². The second-order valence-electron chi connectivity index (χ2n) is 3.85. The summed E-state index contributed by atoms with van der Waals surface area (Å²) in [6, 6.07) is 0. The molecule has 0 atom stereocenters. The van der Waals surface area contributed by atoms with Crippen LogP contribution in [0.4, 0.5) is 0 Å². The van der Waals surface area contributed by atoms with E-state index in [4.69, 9.17) is 10.2 Å². The number of carbonyl (C=O) groups is 1. The number of aromatic nitrogens is 3. The first-order chi connectivity index (χ1) is 8.04. The van der Waals surface area contributed by atoms with Gasteiger partial charge in [-0.15, -0.1) is 0 Å². The van der Waals surface area contributed by atoms with E-state index in [0.29, 0.717) is 12.3 Å². The highest BCUT2D eigenvalue weighted by molar-refractivity contribution is 5.91. The SMILES string of the molecule is Cc1cnc(C(=O)n2nc(C)c(CN)c2C)o1. The Bertz CT molecular complexity index is 568. The summed E-state index contributed by atoms with van der Waals surface area (Å²) in [5.41, 5.74) is 7.96. The van der Waals surface area contributed by atoms with Crippen LogP contribution in [0.2, 0.25) is 0 Å². The van der Waals surface area contributed by atoms with Crippen LogP contribution >= 0.6 is 0 Å². The molecule has 0 saturated carbocycles. The van der Waals surface area contributed by atoms with E-state index in [1.54, 1.807) is 13.8 Å². The number of hydrogen-bond acceptors (Lipinski definition) is 5. The Hall–Kier alpha value is -1.95. The van der Waals surface area contributed by atoms with Crippen molar-refractivity contribution in [1.29, 1.82) is 0 Å². The topological polar surface area (TPSA) is 86.9 Å². The molecule has 0 spiro atoms. The summed E-state index contributed by atoms with van der Waals surface area (Å²) in [6.07, 6.45) is 1.50. The first-order valence-corrected chi connectivity index (χ1v) is 5.27. The van der Waals surface area contributed by atoms with Crippen LogP contribution in [0.15, 0.2) is 10.6 Å². The summed E-state index contributed by atoms with van der Waals surface area (Å²) in [5, 5.41) is 4.15. The number of hydrogen-bond donors (Lipinski definition) is 1. The molecule has 2 N–H and O–H groups in total. The minimum absolute atomic E-state index is 0.0386. The fourth-order valence-corrected chi connectivity index (χ4v) is 1.71. The lowest BCUT2D eigenvalue weighted by Gasteiger charge is -1.99. The Kier molecular flexibility index (Phi) is 2.81. The van der Waals surface area contributed by atoms with Gasteiger partial charge in [0, 0.05) is 17.8 Å². The fraction of sp³-hybridized carbons (Fsp3) is 0.364. The second-order valence-corrected chi connectivity index (χ2v) is 3.85. The summed E-state index contributed by atoms with van der Waals surface area (Å²) in [6.45, 7) is 5.71. The zero-order chi connectivity index (χ0) is 12.6. The molecule has 2 rings (SSSR count). The average Bonchev–Trinajstić information content (AvgIpc) is 2.83. The molecule has 2 aromatic heterocycles. The molecule has 6 nitrogen and oxygen atoms in total. The standard InChI is InChI=1S/C11H14N4O2/c1-6-5-13-10(17-6)11(16)15-8(3)9(4-12)7(2)14-15/h5H,4,12H2,1-3H3. The van der Waals surface area contributed by atoms with Gasteiger partial charge >= 0.3 is 5.91 Å². The maximum absolute atomic E-state index is 12.1. The highest BCUT2D eigenvalue weighted by atomic mass is 16.4. The van der Waals surface area contributed by atoms with Crippen LogP contribution < -0.4 is 5.73 Å². The number of nitrogens with two attached hydrogens (primary N) is 1. The van der Waals surface area contributed by atoms with Crippen LogP contribution in [0.1, 0.15) is 33.4 Å². The molecule has 2 aromatic rings. The van der Waals surface area contributed by atoms with Crippen LogP contribution in [-0.4, -0.2) is 20.7 Å². The van der Waals surface area contributed by atoms with Gasteiger partial charge in [-0.3, -0.25) is 4.79 Å². The quantitative estimate of drug-likeness (QED) is 0.835. The van der Waals surface area contributed by atoms with Gasteiger partial charge in [-0.05, 0) is 20.8 Å². The Balaban J connectivity index is 2.44. The predicted molar refractivity (Wildman–Crippen MR) is 60.6 cm³/mol. The third kappa shape index (κ3) is 1.87. The Morgan fingerprint density at radius 3 is 2.65 bits per heavy atom. The molecule has 0 radical (unpaired) electrons. The molecule has 0 amide bonds. The van der Waals surface area contributed by atoms with Gasteiger partial charge in [0.25, 0.3) is 5.89 Å². The third-order valence-electron chi connectivity index (χ3n) is 2.64. The zero-order valence-electron chi connectivity index (χ0n) is 10.0. The number of aryl methyl sites for hydroxylation is 2. The fourth-order valence-electron chi connectivity index (χ4n) is 1.71. The summed E-state index contributed by atoms with van der Waals surface area (Å²) in [5.74, 6) is 0.254. The maximum Gasteiger partial charge on any atom is 0.334 e. The highest BCUT2D eigenvalue weighted by Gasteiger charge is 2.20. The molecule has 17 heavy (non-hydrogen) atoms. The third-order valence-corrected chi connectivity index (χ3v) is 2.64. The van der Waals surface area contributed by atoms with Gasteiger partial charge in [-0.25, -0.2) is 4.98 Å². The van der Waals surface area contributed by atoms with E-state index in [9.17, 15) is 4.79 Å². The van der Waals surface area contributed by atoms with Gasteiger partial charge < -0.3 is 10.2 Å². The van der Waals surface area contributed by atoms with Crippen molar-refractivity contribution < 1.29 is 9.21 Å². The summed E-state index contributed by atoms with van der Waals surface area (Å²) in [4.78, 5) is 16.0. The number of oxazole rings is 1. The Morgan fingerprint density at radius 1 is 1.47 bits per heavy atom. The largest absolute Gasteiger partial charge is 0.438 e. The second kappa shape index (κ2) is 4.14. The van der Waals surface area contributed by atoms with Crippen LogP contribution in [0.25, 0.3) is 0 Å². The molecule has 0 aromatic carbocycles. The van der Waals surface area contributed by atoms with Crippen molar-refractivity contribution in [3.05, 3.63) is 34.8 Å². The highest BCUT2D eigenvalue weighted by Crippen LogP contribution is 2.14. The molecular weight excluding hydrogens is 220 g/mol. The summed E-state index contributed by atoms with van der Waals surface area (Å²) < 4.78 is 6.47. The molecule has 0 aliphatic carbocycles. The monoisotopic (exact) mass is 234 g/mol. The molecule has 0 unspecified atom stereocenters. The number of rotatable bonds is 2. The maximum atomic E-state index is 12.1. The van der Waals surface area contributed by atoms with Crippen LogP contribution in [0, 0.1) is 20.8 Å². The molecule has 2 heterocycles. The molecular formula is C11H14N4O2. The average molecular weight is 234 g/mol. The van der Waals surface area contributed by atoms with Crippen molar-refractivity contribution in [1.82, 2.24) is 14.8 Å². The van der Waals surface area contributed by atoms with E-state index < -0.39 is 0 Å². The van der Waals surface area contributed by atoms with Gasteiger partial charge in [0.05, 0.1) is 11.9 Å². The molecule has 0 aliphatic rings. The smallest absolute Gasteiger partial charge is 0.334 e. The predicted octanol–water partition coefficient (Wildman–Crippen LogP) is 0.944. The van der Waals surface area contributed by atoms with E-state index in [0.717, 1.165) is 17.0 Å². The lowest BCUT2D eigenvalue weighted by Crippen LogP contribution is -2.16. The van der Waals surface area contributed by atoms with Gasteiger partial charge in [0.2, 0.25) is 0 Å². The molecule has 6 heteroatoms. The number of nitrogens with zero attached hydrogens (tertiary/aromatic N) is 3. The van der Waals surface area contributed by atoms with Crippen molar-refractivity contribution in [3.63, 3.8) is 0 Å². The minimum atomic E-state index is -0.376. The minimum Gasteiger partial charge on any atom is -0.438 e. The van der Waals surface area contributed by atoms with Crippen LogP contribution in [0.3, 0.4) is 0 Å². The van der Waals surface area contributed by atoms with E-state index in [-0.39, 0.29) is 11.8 Å². The van der Waals surface area contributed by atoms with E-state index >= 15 is 0 Å². The first kappa shape index (κ1) is 11.5. The zero-order valence-corrected chi connectivity index (χ0v) is 10.0. The van der Waals surface area contributed by atoms with Gasteiger partial charge in [0.1, 0.15) is 5.76 Å². The van der Waals surface area contributed by atoms with Gasteiger partial charge in [-0.2, -0.15) is 9.78 Å². The summed E-state index contributed by atoms with van der Waals surface area (Å²) in [7, 11) is 0. The van der Waals surface area contributed by atoms with Crippen molar-refractivity contribution >= 4 is 5.91 Å². The van der Waals surface area contributed by atoms with Crippen molar-refractivity contribution in [2.24, 2.45) is 5.73 Å². The lowest BCUT2D eigenvalue weighted by atomic mass is 10.2. The number of carbonyl (C=O) groups excluding carboxylic acids is 1. The van der Waals surface area contributed by atoms with Crippen molar-refractivity contribution in [3.8, 4) is 0 Å². The first-order valence-electron chi connectivity index (χ1n) is 5.27. The molecule has 0 bridgehead atoms. The Labute approximate surface area is 98.4 Å². The summed E-state index contributed by atoms with van der Waals surface area (Å²) >= 11 is 0. The van der Waals surface area contributed by atoms with Crippen LogP contribution in [0.5, 0.6) is 0 Å².